The number of hydrogen-bond acceptors (Lipinski definition) is 2. The zero-order valence-electron chi connectivity index (χ0n) is 8.64. The lowest BCUT2D eigenvalue weighted by molar-refractivity contribution is -0.112. The fourth-order valence-corrected chi connectivity index (χ4v) is 1.50. The molecule has 0 amide bonds. The smallest absolute Gasteiger partial charge is 0.221 e. The molecule has 0 atom stereocenters. The van der Waals surface area contributed by atoms with Gasteiger partial charge in [0.1, 0.15) is 0 Å². The summed E-state index contributed by atoms with van der Waals surface area (Å²) < 4.78 is 0. The molecule has 0 spiro atoms. The lowest BCUT2D eigenvalue weighted by Gasteiger charge is -1.98. The minimum absolute atomic E-state index is 0. The third kappa shape index (κ3) is 16.9. The standard InChI is InChI=1S/C10H16Cl2O2.ClH/c11-9(13)7-5-3-1-2-4-6-8-10(12)14;/h1-8H2;1H. The highest BCUT2D eigenvalue weighted by Gasteiger charge is 1.97. The lowest BCUT2D eigenvalue weighted by Crippen LogP contribution is -1.88. The van der Waals surface area contributed by atoms with Gasteiger partial charge in [-0.1, -0.05) is 25.7 Å². The summed E-state index contributed by atoms with van der Waals surface area (Å²) in [6.45, 7) is 0. The monoisotopic (exact) mass is 274 g/mol. The molecule has 0 bridgehead atoms. The maximum atomic E-state index is 10.4. The molecule has 0 aliphatic rings. The number of hydrogen-bond donors (Lipinski definition) is 0. The Labute approximate surface area is 107 Å². The minimum atomic E-state index is -0.252. The molecule has 0 heterocycles. The van der Waals surface area contributed by atoms with E-state index in [-0.39, 0.29) is 22.9 Å². The second-order valence-electron chi connectivity index (χ2n) is 3.33. The fourth-order valence-electron chi connectivity index (χ4n) is 1.24. The van der Waals surface area contributed by atoms with Crippen molar-refractivity contribution in [3.05, 3.63) is 0 Å². The third-order valence-electron chi connectivity index (χ3n) is 2.00. The van der Waals surface area contributed by atoms with Gasteiger partial charge < -0.3 is 0 Å². The van der Waals surface area contributed by atoms with Crippen LogP contribution >= 0.6 is 35.6 Å². The van der Waals surface area contributed by atoms with Crippen LogP contribution in [0.2, 0.25) is 0 Å². The van der Waals surface area contributed by atoms with Crippen molar-refractivity contribution >= 4 is 46.1 Å². The number of halogens is 3. The molecular formula is C10H17Cl3O2. The van der Waals surface area contributed by atoms with Gasteiger partial charge >= 0.3 is 0 Å². The first-order valence-electron chi connectivity index (χ1n) is 4.99. The molecule has 2 nitrogen and oxygen atoms in total. The van der Waals surface area contributed by atoms with Crippen LogP contribution in [0.3, 0.4) is 0 Å². The first kappa shape index (κ1) is 17.6. The van der Waals surface area contributed by atoms with Gasteiger partial charge in [-0.25, -0.2) is 0 Å². The van der Waals surface area contributed by atoms with Gasteiger partial charge in [-0.05, 0) is 36.0 Å². The Hall–Kier alpha value is 0.210. The summed E-state index contributed by atoms with van der Waals surface area (Å²) in [4.78, 5) is 20.7. The third-order valence-corrected chi connectivity index (χ3v) is 2.37. The molecule has 0 N–H and O–H groups in total. The van der Waals surface area contributed by atoms with E-state index in [0.29, 0.717) is 12.8 Å². The Kier molecular flexibility index (Phi) is 14.4. The van der Waals surface area contributed by atoms with Crippen molar-refractivity contribution < 1.29 is 9.59 Å². The van der Waals surface area contributed by atoms with E-state index in [1.54, 1.807) is 0 Å². The van der Waals surface area contributed by atoms with Gasteiger partial charge in [-0.2, -0.15) is 0 Å². The van der Waals surface area contributed by atoms with Crippen molar-refractivity contribution in [2.45, 2.75) is 51.4 Å². The molecule has 5 heteroatoms. The van der Waals surface area contributed by atoms with Crippen LogP contribution in [0.1, 0.15) is 51.4 Å². The van der Waals surface area contributed by atoms with Crippen LogP contribution < -0.4 is 0 Å². The summed E-state index contributed by atoms with van der Waals surface area (Å²) in [5.41, 5.74) is 0. The average Bonchev–Trinajstić information content (AvgIpc) is 2.08. The van der Waals surface area contributed by atoms with Gasteiger partial charge in [0.2, 0.25) is 10.5 Å². The van der Waals surface area contributed by atoms with Crippen molar-refractivity contribution in [1.82, 2.24) is 0 Å². The number of carbonyl (C=O) groups excluding carboxylic acids is 2. The second-order valence-corrected chi connectivity index (χ2v) is 4.17. The van der Waals surface area contributed by atoms with E-state index in [1.165, 1.54) is 0 Å². The first-order chi connectivity index (χ1) is 6.63. The van der Waals surface area contributed by atoms with Gasteiger partial charge in [0.05, 0.1) is 0 Å². The number of unbranched alkanes of at least 4 members (excludes halogenated alkanes) is 5. The van der Waals surface area contributed by atoms with E-state index in [2.05, 4.69) is 0 Å². The summed E-state index contributed by atoms with van der Waals surface area (Å²) >= 11 is 10.4. The van der Waals surface area contributed by atoms with Gasteiger partial charge in [0.15, 0.2) is 0 Å². The molecule has 0 aliphatic carbocycles. The van der Waals surface area contributed by atoms with Crippen LogP contribution in [-0.4, -0.2) is 10.5 Å². The van der Waals surface area contributed by atoms with E-state index >= 15 is 0 Å². The maximum Gasteiger partial charge on any atom is 0.221 e. The highest BCUT2D eigenvalue weighted by atomic mass is 35.5. The second kappa shape index (κ2) is 12.3. The fraction of sp³-hybridized carbons (Fsp3) is 0.800. The van der Waals surface area contributed by atoms with Crippen molar-refractivity contribution in [2.75, 3.05) is 0 Å². The molecule has 0 saturated carbocycles. The van der Waals surface area contributed by atoms with Crippen LogP contribution in [0.25, 0.3) is 0 Å². The van der Waals surface area contributed by atoms with Crippen molar-refractivity contribution in [1.29, 1.82) is 0 Å². The maximum absolute atomic E-state index is 10.4. The Bertz CT molecular complexity index is 164. The van der Waals surface area contributed by atoms with Crippen LogP contribution in [0.15, 0.2) is 0 Å². The van der Waals surface area contributed by atoms with E-state index in [4.69, 9.17) is 23.2 Å². The SMILES string of the molecule is Cl.O=C(Cl)CCCCCCCCC(=O)Cl. The average molecular weight is 276 g/mol. The molecular weight excluding hydrogens is 258 g/mol. The highest BCUT2D eigenvalue weighted by molar-refractivity contribution is 6.63. The largest absolute Gasteiger partial charge is 0.281 e. The lowest BCUT2D eigenvalue weighted by atomic mass is 10.1. The molecule has 90 valence electrons. The molecule has 0 rings (SSSR count). The van der Waals surface area contributed by atoms with E-state index in [0.717, 1.165) is 38.5 Å². The quantitative estimate of drug-likeness (QED) is 0.470. The molecule has 0 aliphatic heterocycles. The Morgan fingerprint density at radius 1 is 0.667 bits per heavy atom. The summed E-state index contributed by atoms with van der Waals surface area (Å²) in [6.07, 6.45) is 6.96. The van der Waals surface area contributed by atoms with Gasteiger partial charge in [0.25, 0.3) is 0 Å². The molecule has 15 heavy (non-hydrogen) atoms. The van der Waals surface area contributed by atoms with Crippen LogP contribution in [0, 0.1) is 0 Å². The van der Waals surface area contributed by atoms with Crippen LogP contribution in [-0.2, 0) is 9.59 Å². The zero-order chi connectivity index (χ0) is 10.8. The zero-order valence-corrected chi connectivity index (χ0v) is 11.0. The van der Waals surface area contributed by atoms with E-state index in [9.17, 15) is 9.59 Å². The van der Waals surface area contributed by atoms with Gasteiger partial charge in [-0.3, -0.25) is 9.59 Å². The molecule has 0 unspecified atom stereocenters. The number of carbonyl (C=O) groups is 2. The first-order valence-corrected chi connectivity index (χ1v) is 5.75. The Morgan fingerprint density at radius 2 is 0.933 bits per heavy atom. The predicted octanol–water partition coefficient (Wildman–Crippen LogP) is 4.06. The Morgan fingerprint density at radius 3 is 1.20 bits per heavy atom. The predicted molar refractivity (Wildman–Crippen MR) is 65.9 cm³/mol. The van der Waals surface area contributed by atoms with Crippen molar-refractivity contribution in [3.63, 3.8) is 0 Å². The van der Waals surface area contributed by atoms with Crippen molar-refractivity contribution in [2.24, 2.45) is 0 Å². The summed E-state index contributed by atoms with van der Waals surface area (Å²) in [5, 5.41) is -0.504. The normalized spacial score (nSPS) is 9.47. The van der Waals surface area contributed by atoms with Gasteiger partial charge in [-0.15, -0.1) is 12.4 Å². The van der Waals surface area contributed by atoms with Crippen LogP contribution in [0.5, 0.6) is 0 Å². The Balaban J connectivity index is 0. The molecule has 0 aromatic heterocycles. The van der Waals surface area contributed by atoms with Gasteiger partial charge in [0, 0.05) is 12.8 Å². The molecule has 0 radical (unpaired) electrons. The molecule has 0 aromatic rings. The molecule has 0 saturated heterocycles. The number of rotatable bonds is 9. The van der Waals surface area contributed by atoms with Crippen LogP contribution in [0.4, 0.5) is 0 Å². The molecule has 0 aromatic carbocycles. The topological polar surface area (TPSA) is 34.1 Å². The minimum Gasteiger partial charge on any atom is -0.281 e. The summed E-state index contributed by atoms with van der Waals surface area (Å²) in [6, 6.07) is 0. The summed E-state index contributed by atoms with van der Waals surface area (Å²) in [5.74, 6) is 0. The summed E-state index contributed by atoms with van der Waals surface area (Å²) in [7, 11) is 0. The van der Waals surface area contributed by atoms with E-state index < -0.39 is 0 Å². The molecule has 0 fully saturated rings. The highest BCUT2D eigenvalue weighted by Crippen LogP contribution is 2.09. The van der Waals surface area contributed by atoms with E-state index in [1.807, 2.05) is 0 Å². The van der Waals surface area contributed by atoms with Crippen molar-refractivity contribution in [3.8, 4) is 0 Å².